The number of hydrogen-bond donors (Lipinski definition) is 5. The SMILES string of the molecule is CNC(=O)CNC(=O)NC(CCN(C)C)c1ccc(C(=O)Nc2ccccc2NC(=O)OC(C)(C)C)nc1. The predicted molar refractivity (Wildman–Crippen MR) is 145 cm³/mol. The number of carbonyl (C=O) groups is 4. The van der Waals surface area contributed by atoms with Crippen LogP contribution in [-0.4, -0.2) is 73.7 Å². The molecule has 5 N–H and O–H groups in total. The summed E-state index contributed by atoms with van der Waals surface area (Å²) in [5.74, 6) is -0.791. The average Bonchev–Trinajstić information content (AvgIpc) is 2.85. The van der Waals surface area contributed by atoms with Gasteiger partial charge >= 0.3 is 12.1 Å². The highest BCUT2D eigenvalue weighted by atomic mass is 16.6. The summed E-state index contributed by atoms with van der Waals surface area (Å²) in [6.45, 7) is 5.81. The smallest absolute Gasteiger partial charge is 0.412 e. The van der Waals surface area contributed by atoms with Gasteiger partial charge < -0.3 is 30.9 Å². The van der Waals surface area contributed by atoms with Crippen LogP contribution in [0.4, 0.5) is 21.0 Å². The van der Waals surface area contributed by atoms with E-state index < -0.39 is 29.7 Å². The van der Waals surface area contributed by atoms with Crippen molar-refractivity contribution in [3.05, 3.63) is 53.9 Å². The summed E-state index contributed by atoms with van der Waals surface area (Å²) in [6.07, 6.45) is 1.47. The van der Waals surface area contributed by atoms with E-state index in [1.807, 2.05) is 19.0 Å². The number of ether oxygens (including phenoxy) is 1. The summed E-state index contributed by atoms with van der Waals surface area (Å²) < 4.78 is 5.28. The zero-order valence-electron chi connectivity index (χ0n) is 22.7. The van der Waals surface area contributed by atoms with Crippen LogP contribution in [0.3, 0.4) is 0 Å². The largest absolute Gasteiger partial charge is 0.444 e. The van der Waals surface area contributed by atoms with Crippen LogP contribution in [0.15, 0.2) is 42.6 Å². The van der Waals surface area contributed by atoms with Crippen LogP contribution in [0, 0.1) is 0 Å². The predicted octanol–water partition coefficient (Wildman–Crippen LogP) is 2.72. The maximum absolute atomic E-state index is 12.9. The second kappa shape index (κ2) is 13.9. The molecule has 0 fully saturated rings. The van der Waals surface area contributed by atoms with Crippen molar-refractivity contribution in [1.29, 1.82) is 0 Å². The van der Waals surface area contributed by atoms with E-state index in [1.54, 1.807) is 57.2 Å². The number of pyridine rings is 1. The Bertz CT molecular complexity index is 1110. The van der Waals surface area contributed by atoms with Crippen molar-refractivity contribution in [3.8, 4) is 0 Å². The topological polar surface area (TPSA) is 154 Å². The van der Waals surface area contributed by atoms with E-state index in [0.717, 1.165) is 0 Å². The third-order valence-corrected chi connectivity index (χ3v) is 5.09. The van der Waals surface area contributed by atoms with Gasteiger partial charge in [0.2, 0.25) is 5.91 Å². The fourth-order valence-corrected chi connectivity index (χ4v) is 3.21. The molecular weight excluding hydrogens is 490 g/mol. The fraction of sp³-hybridized carbons (Fsp3) is 0.423. The number of nitrogens with one attached hydrogen (secondary N) is 5. The average molecular weight is 528 g/mol. The Labute approximate surface area is 222 Å². The highest BCUT2D eigenvalue weighted by Gasteiger charge is 2.19. The first-order chi connectivity index (χ1) is 17.9. The maximum atomic E-state index is 12.9. The number of urea groups is 1. The molecule has 0 saturated carbocycles. The third-order valence-electron chi connectivity index (χ3n) is 5.09. The first-order valence-corrected chi connectivity index (χ1v) is 12.1. The molecule has 1 aromatic carbocycles. The van der Waals surface area contributed by atoms with E-state index in [-0.39, 0.29) is 18.1 Å². The van der Waals surface area contributed by atoms with Crippen molar-refractivity contribution < 1.29 is 23.9 Å². The number of hydrogen-bond acceptors (Lipinski definition) is 7. The molecule has 0 aliphatic heterocycles. The van der Waals surface area contributed by atoms with Crippen LogP contribution in [0.2, 0.25) is 0 Å². The zero-order valence-corrected chi connectivity index (χ0v) is 22.7. The molecule has 0 radical (unpaired) electrons. The minimum Gasteiger partial charge on any atom is -0.444 e. The molecule has 5 amide bonds. The lowest BCUT2D eigenvalue weighted by Gasteiger charge is -2.21. The van der Waals surface area contributed by atoms with Crippen LogP contribution < -0.4 is 26.6 Å². The Morgan fingerprint density at radius 3 is 2.21 bits per heavy atom. The van der Waals surface area contributed by atoms with E-state index in [9.17, 15) is 19.2 Å². The van der Waals surface area contributed by atoms with E-state index in [0.29, 0.717) is 29.9 Å². The van der Waals surface area contributed by atoms with E-state index in [4.69, 9.17) is 4.74 Å². The van der Waals surface area contributed by atoms with Gasteiger partial charge in [0.25, 0.3) is 5.91 Å². The number of aromatic nitrogens is 1. The number of amides is 5. The molecule has 2 aromatic rings. The monoisotopic (exact) mass is 527 g/mol. The molecule has 206 valence electrons. The molecule has 0 saturated heterocycles. The van der Waals surface area contributed by atoms with Gasteiger partial charge in [-0.25, -0.2) is 9.59 Å². The van der Waals surface area contributed by atoms with Gasteiger partial charge in [-0.2, -0.15) is 0 Å². The van der Waals surface area contributed by atoms with Gasteiger partial charge in [-0.15, -0.1) is 0 Å². The fourth-order valence-electron chi connectivity index (χ4n) is 3.21. The third kappa shape index (κ3) is 10.4. The quantitative estimate of drug-likeness (QED) is 0.318. The molecule has 0 bridgehead atoms. The van der Waals surface area contributed by atoms with Gasteiger partial charge in [0.1, 0.15) is 11.3 Å². The minimum absolute atomic E-state index is 0.148. The van der Waals surface area contributed by atoms with Crippen molar-refractivity contribution >= 4 is 35.3 Å². The summed E-state index contributed by atoms with van der Waals surface area (Å²) in [5.41, 5.74) is 0.939. The molecule has 2 rings (SSSR count). The van der Waals surface area contributed by atoms with Crippen molar-refractivity contribution in [3.63, 3.8) is 0 Å². The van der Waals surface area contributed by atoms with Gasteiger partial charge in [0.05, 0.1) is 24.0 Å². The molecule has 12 heteroatoms. The molecular formula is C26H37N7O5. The van der Waals surface area contributed by atoms with Gasteiger partial charge in [-0.3, -0.25) is 19.9 Å². The Morgan fingerprint density at radius 1 is 1.00 bits per heavy atom. The Kier molecular flexibility index (Phi) is 11.0. The minimum atomic E-state index is -0.669. The van der Waals surface area contributed by atoms with Crippen LogP contribution >= 0.6 is 0 Å². The van der Waals surface area contributed by atoms with Crippen LogP contribution in [0.1, 0.15) is 49.3 Å². The molecule has 1 unspecified atom stereocenters. The van der Waals surface area contributed by atoms with Crippen LogP contribution in [0.5, 0.6) is 0 Å². The summed E-state index contributed by atoms with van der Waals surface area (Å²) >= 11 is 0. The molecule has 1 atom stereocenters. The first kappa shape index (κ1) is 30.0. The second-order valence-electron chi connectivity index (χ2n) is 9.75. The molecule has 1 heterocycles. The Balaban J connectivity index is 2.11. The summed E-state index contributed by atoms with van der Waals surface area (Å²) in [6, 6.07) is 9.12. The Hall–Kier alpha value is -4.19. The van der Waals surface area contributed by atoms with Crippen molar-refractivity contribution in [2.24, 2.45) is 0 Å². The highest BCUT2D eigenvalue weighted by molar-refractivity contribution is 6.05. The lowest BCUT2D eigenvalue weighted by atomic mass is 10.1. The summed E-state index contributed by atoms with van der Waals surface area (Å²) in [4.78, 5) is 55.1. The number of nitrogens with zero attached hydrogens (tertiary/aromatic N) is 2. The number of likely N-dealkylation sites (N-methyl/N-ethyl adjacent to an activating group) is 1. The summed E-state index contributed by atoms with van der Waals surface area (Å²) in [7, 11) is 5.33. The van der Waals surface area contributed by atoms with Gasteiger partial charge in [-0.05, 0) is 71.6 Å². The maximum Gasteiger partial charge on any atom is 0.412 e. The van der Waals surface area contributed by atoms with E-state index in [1.165, 1.54) is 13.2 Å². The standard InChI is InChI=1S/C26H37N7O5/c1-26(2,3)38-25(37)32-20-10-8-7-9-19(20)30-23(35)21-12-11-17(15-28-21)18(13-14-33(5)6)31-24(36)29-16-22(34)27-4/h7-12,15,18H,13-14,16H2,1-6H3,(H,27,34)(H,30,35)(H,32,37)(H2,29,31,36). The zero-order chi connectivity index (χ0) is 28.3. The van der Waals surface area contributed by atoms with Crippen LogP contribution in [-0.2, 0) is 9.53 Å². The van der Waals surface area contributed by atoms with Gasteiger partial charge in [0, 0.05) is 13.2 Å². The van der Waals surface area contributed by atoms with Gasteiger partial charge in [0.15, 0.2) is 0 Å². The number of benzene rings is 1. The second-order valence-corrected chi connectivity index (χ2v) is 9.75. The number of para-hydroxylation sites is 2. The Morgan fingerprint density at radius 2 is 1.66 bits per heavy atom. The number of carbonyl (C=O) groups excluding carboxylic acids is 4. The van der Waals surface area contributed by atoms with Crippen LogP contribution in [0.25, 0.3) is 0 Å². The first-order valence-electron chi connectivity index (χ1n) is 12.1. The molecule has 38 heavy (non-hydrogen) atoms. The number of anilines is 2. The molecule has 0 aliphatic rings. The normalized spacial score (nSPS) is 11.8. The summed E-state index contributed by atoms with van der Waals surface area (Å²) in [5, 5.41) is 13.2. The van der Waals surface area contributed by atoms with Crippen molar-refractivity contribution in [1.82, 2.24) is 25.8 Å². The van der Waals surface area contributed by atoms with Gasteiger partial charge in [-0.1, -0.05) is 18.2 Å². The lowest BCUT2D eigenvalue weighted by Crippen LogP contribution is -2.43. The molecule has 0 aliphatic carbocycles. The number of rotatable bonds is 10. The van der Waals surface area contributed by atoms with Crippen molar-refractivity contribution in [2.75, 3.05) is 44.9 Å². The van der Waals surface area contributed by atoms with E-state index in [2.05, 4.69) is 31.6 Å². The van der Waals surface area contributed by atoms with Crippen molar-refractivity contribution in [2.45, 2.75) is 38.8 Å². The molecule has 1 aromatic heterocycles. The highest BCUT2D eigenvalue weighted by Crippen LogP contribution is 2.23. The van der Waals surface area contributed by atoms with E-state index >= 15 is 0 Å². The molecule has 12 nitrogen and oxygen atoms in total. The molecule has 0 spiro atoms. The lowest BCUT2D eigenvalue weighted by molar-refractivity contribution is -0.119.